The lowest BCUT2D eigenvalue weighted by Crippen LogP contribution is -2.02. The van der Waals surface area contributed by atoms with Gasteiger partial charge >= 0.3 is 8.69 Å². The molecule has 1 N–H and O–H groups in total. The minimum atomic E-state index is -0.291. The fraction of sp³-hybridized carbons (Fsp3) is 0.143. The van der Waals surface area contributed by atoms with Crippen molar-refractivity contribution in [1.29, 1.82) is 0 Å². The van der Waals surface area contributed by atoms with Gasteiger partial charge in [0.1, 0.15) is 0 Å². The van der Waals surface area contributed by atoms with Crippen molar-refractivity contribution >= 4 is 14.4 Å². The number of para-hydroxylation sites is 1. The van der Waals surface area contributed by atoms with E-state index in [0.29, 0.717) is 6.61 Å². The maximum atomic E-state index is 10.3. The van der Waals surface area contributed by atoms with Crippen molar-refractivity contribution < 1.29 is 9.09 Å². The highest BCUT2D eigenvalue weighted by Crippen LogP contribution is 2.18. The molecule has 0 aliphatic rings. The molecule has 4 heteroatoms. The molecular weight excluding hydrogens is 245 g/mol. The lowest BCUT2D eigenvalue weighted by atomic mass is 10.1. The van der Waals surface area contributed by atoms with Crippen LogP contribution in [0.25, 0.3) is 0 Å². The molecule has 2 rings (SSSR count). The van der Waals surface area contributed by atoms with Crippen LogP contribution >= 0.6 is 8.69 Å². The predicted octanol–water partition coefficient (Wildman–Crippen LogP) is 4.02. The maximum Gasteiger partial charge on any atom is 0.327 e. The second-order valence-electron chi connectivity index (χ2n) is 3.84. The van der Waals surface area contributed by atoms with Gasteiger partial charge in [-0.1, -0.05) is 48.5 Å². The molecule has 92 valence electrons. The van der Waals surface area contributed by atoms with Crippen LogP contribution in [0.2, 0.25) is 0 Å². The van der Waals surface area contributed by atoms with Crippen molar-refractivity contribution in [3.8, 4) is 0 Å². The molecule has 0 aliphatic carbocycles. The van der Waals surface area contributed by atoms with Crippen molar-refractivity contribution in [2.75, 3.05) is 5.32 Å². The summed E-state index contributed by atoms with van der Waals surface area (Å²) in [5.41, 5.74) is 3.22. The van der Waals surface area contributed by atoms with Crippen LogP contribution in [0.5, 0.6) is 0 Å². The predicted molar refractivity (Wildman–Crippen MR) is 72.6 cm³/mol. The molecular formula is C14H14NO2P. The third-order valence-electron chi connectivity index (χ3n) is 2.62. The summed E-state index contributed by atoms with van der Waals surface area (Å²) < 4.78 is 15.2. The van der Waals surface area contributed by atoms with Gasteiger partial charge in [0.05, 0.1) is 6.61 Å². The first-order chi connectivity index (χ1) is 8.90. The van der Waals surface area contributed by atoms with Crippen LogP contribution < -0.4 is 5.32 Å². The Bertz CT molecular complexity index is 502. The van der Waals surface area contributed by atoms with Gasteiger partial charge in [-0.25, -0.2) is 4.57 Å². The monoisotopic (exact) mass is 259 g/mol. The minimum Gasteiger partial charge on any atom is -0.381 e. The standard InChI is InChI=1S/C14H14NO2P/c16-18-17-11-13-8-4-5-9-14(13)15-10-12-6-2-1-3-7-12/h1-9,15H,10-11H2. The van der Waals surface area contributed by atoms with Gasteiger partial charge in [0.2, 0.25) is 0 Å². The van der Waals surface area contributed by atoms with Gasteiger partial charge in [-0.3, -0.25) is 4.52 Å². The molecule has 0 aromatic heterocycles. The second kappa shape index (κ2) is 6.90. The van der Waals surface area contributed by atoms with Crippen molar-refractivity contribution in [3.63, 3.8) is 0 Å². The van der Waals surface area contributed by atoms with E-state index in [1.165, 1.54) is 5.56 Å². The largest absolute Gasteiger partial charge is 0.381 e. The Morgan fingerprint density at radius 3 is 2.50 bits per heavy atom. The Hall–Kier alpha value is -1.70. The first-order valence-corrected chi connectivity index (χ1v) is 6.43. The smallest absolute Gasteiger partial charge is 0.327 e. The quantitative estimate of drug-likeness (QED) is 0.796. The van der Waals surface area contributed by atoms with E-state index in [0.717, 1.165) is 17.8 Å². The van der Waals surface area contributed by atoms with Gasteiger partial charge in [0.25, 0.3) is 0 Å². The summed E-state index contributed by atoms with van der Waals surface area (Å²) >= 11 is 0. The lowest BCUT2D eigenvalue weighted by Gasteiger charge is -2.10. The highest BCUT2D eigenvalue weighted by molar-refractivity contribution is 7.17. The summed E-state index contributed by atoms with van der Waals surface area (Å²) in [6.07, 6.45) is 0. The van der Waals surface area contributed by atoms with Crippen LogP contribution in [0.15, 0.2) is 54.6 Å². The Kier molecular flexibility index (Phi) is 4.88. The first-order valence-electron chi connectivity index (χ1n) is 5.70. The SMILES string of the molecule is O=POCc1ccccc1NCc1ccccc1. The highest BCUT2D eigenvalue weighted by atomic mass is 31.1. The van der Waals surface area contributed by atoms with E-state index in [1.54, 1.807) is 0 Å². The summed E-state index contributed by atoms with van der Waals surface area (Å²) in [6, 6.07) is 18.0. The first kappa shape index (κ1) is 12.7. The zero-order valence-corrected chi connectivity index (χ0v) is 10.8. The highest BCUT2D eigenvalue weighted by Gasteiger charge is 2.01. The molecule has 0 unspecified atom stereocenters. The van der Waals surface area contributed by atoms with Crippen LogP contribution in [0.4, 0.5) is 5.69 Å². The summed E-state index contributed by atoms with van der Waals surface area (Å²) in [5, 5.41) is 3.35. The molecule has 2 aromatic carbocycles. The number of nitrogens with one attached hydrogen (secondary N) is 1. The number of benzene rings is 2. The Morgan fingerprint density at radius 2 is 1.72 bits per heavy atom. The van der Waals surface area contributed by atoms with E-state index < -0.39 is 0 Å². The van der Waals surface area contributed by atoms with Crippen LogP contribution in [0.3, 0.4) is 0 Å². The number of hydrogen-bond acceptors (Lipinski definition) is 3. The average Bonchev–Trinajstić information content (AvgIpc) is 2.45. The fourth-order valence-electron chi connectivity index (χ4n) is 1.71. The minimum absolute atomic E-state index is 0.291. The molecule has 0 bridgehead atoms. The molecule has 0 atom stereocenters. The Morgan fingerprint density at radius 1 is 1.00 bits per heavy atom. The molecule has 18 heavy (non-hydrogen) atoms. The molecule has 0 heterocycles. The summed E-state index contributed by atoms with van der Waals surface area (Å²) in [6.45, 7) is 1.09. The molecule has 0 radical (unpaired) electrons. The second-order valence-corrected chi connectivity index (χ2v) is 4.25. The van der Waals surface area contributed by atoms with Gasteiger partial charge in [0.15, 0.2) is 0 Å². The zero-order chi connectivity index (χ0) is 12.6. The van der Waals surface area contributed by atoms with Crippen molar-refractivity contribution in [3.05, 3.63) is 65.7 Å². The topological polar surface area (TPSA) is 38.3 Å². The number of anilines is 1. The zero-order valence-electron chi connectivity index (χ0n) is 9.87. The van der Waals surface area contributed by atoms with Gasteiger partial charge < -0.3 is 5.32 Å². The number of rotatable bonds is 6. The van der Waals surface area contributed by atoms with E-state index in [4.69, 9.17) is 4.52 Å². The van der Waals surface area contributed by atoms with Crippen molar-refractivity contribution in [2.24, 2.45) is 0 Å². The molecule has 0 saturated heterocycles. The van der Waals surface area contributed by atoms with Crippen molar-refractivity contribution in [2.45, 2.75) is 13.2 Å². The van der Waals surface area contributed by atoms with Gasteiger partial charge in [0, 0.05) is 17.8 Å². The maximum absolute atomic E-state index is 10.3. The lowest BCUT2D eigenvalue weighted by molar-refractivity contribution is 0.333. The molecule has 2 aromatic rings. The van der Waals surface area contributed by atoms with E-state index in [-0.39, 0.29) is 8.69 Å². The van der Waals surface area contributed by atoms with Crippen molar-refractivity contribution in [1.82, 2.24) is 0 Å². The normalized spacial score (nSPS) is 10.4. The molecule has 0 fully saturated rings. The van der Waals surface area contributed by atoms with E-state index in [2.05, 4.69) is 17.4 Å². The molecule has 0 aliphatic heterocycles. The average molecular weight is 259 g/mol. The molecule has 0 spiro atoms. The van der Waals surface area contributed by atoms with Crippen LogP contribution in [-0.2, 0) is 22.2 Å². The van der Waals surface area contributed by atoms with Crippen LogP contribution in [0, 0.1) is 0 Å². The van der Waals surface area contributed by atoms with Gasteiger partial charge in [-0.15, -0.1) is 0 Å². The summed E-state index contributed by atoms with van der Waals surface area (Å²) in [4.78, 5) is 0. The Labute approximate surface area is 108 Å². The van der Waals surface area contributed by atoms with Crippen LogP contribution in [-0.4, -0.2) is 0 Å². The summed E-state index contributed by atoms with van der Waals surface area (Å²) in [5.74, 6) is 0. The third kappa shape index (κ3) is 3.66. The van der Waals surface area contributed by atoms with Gasteiger partial charge in [-0.2, -0.15) is 0 Å². The van der Waals surface area contributed by atoms with E-state index in [9.17, 15) is 4.57 Å². The molecule has 0 amide bonds. The van der Waals surface area contributed by atoms with Crippen LogP contribution in [0.1, 0.15) is 11.1 Å². The van der Waals surface area contributed by atoms with E-state index in [1.807, 2.05) is 42.5 Å². The van der Waals surface area contributed by atoms with Gasteiger partial charge in [-0.05, 0) is 11.6 Å². The summed E-state index contributed by atoms with van der Waals surface area (Å²) in [7, 11) is -0.291. The molecule has 3 nitrogen and oxygen atoms in total. The third-order valence-corrected chi connectivity index (χ3v) is 2.85. The fourth-order valence-corrected chi connectivity index (χ4v) is 1.90. The number of hydrogen-bond donors (Lipinski definition) is 1. The molecule has 0 saturated carbocycles. The van der Waals surface area contributed by atoms with E-state index >= 15 is 0 Å². The Balaban J connectivity index is 2.02.